The molecule has 2 aromatic carbocycles. The zero-order valence-corrected chi connectivity index (χ0v) is 17.2. The molecule has 0 atom stereocenters. The average Bonchev–Trinajstić information content (AvgIpc) is 3.42. The van der Waals surface area contributed by atoms with Gasteiger partial charge < -0.3 is 5.32 Å². The van der Waals surface area contributed by atoms with Crippen LogP contribution in [0.2, 0.25) is 0 Å². The van der Waals surface area contributed by atoms with Gasteiger partial charge in [0.25, 0.3) is 0 Å². The van der Waals surface area contributed by atoms with E-state index in [1.807, 2.05) is 11.4 Å². The highest BCUT2D eigenvalue weighted by Gasteiger charge is 2.21. The fraction of sp³-hybridized carbons (Fsp3) is 0.280. The van der Waals surface area contributed by atoms with Crippen LogP contribution in [0.25, 0.3) is 11.6 Å². The number of hydrogen-bond acceptors (Lipinski definition) is 4. The summed E-state index contributed by atoms with van der Waals surface area (Å²) >= 11 is 1.58. The summed E-state index contributed by atoms with van der Waals surface area (Å²) in [6.07, 6.45) is 5.81. The predicted octanol–water partition coefficient (Wildman–Crippen LogP) is 5.13. The van der Waals surface area contributed by atoms with Gasteiger partial charge in [-0.05, 0) is 65.8 Å². The van der Waals surface area contributed by atoms with Crippen molar-refractivity contribution in [2.75, 3.05) is 13.1 Å². The van der Waals surface area contributed by atoms with E-state index >= 15 is 0 Å². The van der Waals surface area contributed by atoms with Gasteiger partial charge in [-0.2, -0.15) is 0 Å². The monoisotopic (exact) mass is 400 g/mol. The van der Waals surface area contributed by atoms with Crippen LogP contribution < -0.4 is 5.32 Å². The zero-order valence-electron chi connectivity index (χ0n) is 16.4. The first kappa shape index (κ1) is 18.5. The number of thiazole rings is 1. The molecule has 0 saturated carbocycles. The third-order valence-corrected chi connectivity index (χ3v) is 6.93. The van der Waals surface area contributed by atoms with Gasteiger partial charge in [0.15, 0.2) is 5.78 Å². The number of aromatic nitrogens is 1. The molecular weight excluding hydrogens is 376 g/mol. The quantitative estimate of drug-likeness (QED) is 0.604. The second-order valence-corrected chi connectivity index (χ2v) is 8.76. The number of hydrogen-bond donors (Lipinski definition) is 1. The molecule has 1 aliphatic carbocycles. The van der Waals surface area contributed by atoms with Crippen molar-refractivity contribution in [3.8, 4) is 0 Å². The van der Waals surface area contributed by atoms with Crippen molar-refractivity contribution in [3.05, 3.63) is 86.9 Å². The van der Waals surface area contributed by atoms with Crippen LogP contribution in [-0.2, 0) is 12.8 Å². The van der Waals surface area contributed by atoms with E-state index in [4.69, 9.17) is 4.98 Å². The van der Waals surface area contributed by atoms with Crippen LogP contribution >= 0.6 is 11.3 Å². The molecule has 3 aromatic rings. The zero-order chi connectivity index (χ0) is 19.6. The molecule has 1 saturated heterocycles. The molecule has 5 rings (SSSR count). The Morgan fingerprint density at radius 3 is 2.72 bits per heavy atom. The van der Waals surface area contributed by atoms with E-state index in [9.17, 15) is 4.79 Å². The first-order valence-electron chi connectivity index (χ1n) is 10.3. The van der Waals surface area contributed by atoms with Crippen molar-refractivity contribution in [1.82, 2.24) is 10.3 Å². The van der Waals surface area contributed by atoms with Gasteiger partial charge in [-0.3, -0.25) is 4.79 Å². The number of carbonyl (C=O) groups is 1. The van der Waals surface area contributed by atoms with Crippen LogP contribution in [0, 0.1) is 0 Å². The molecule has 0 bridgehead atoms. The molecule has 0 spiro atoms. The lowest BCUT2D eigenvalue weighted by Gasteiger charge is -2.25. The largest absolute Gasteiger partial charge is 0.317 e. The van der Waals surface area contributed by atoms with Crippen molar-refractivity contribution >= 4 is 28.8 Å². The van der Waals surface area contributed by atoms with Gasteiger partial charge in [-0.25, -0.2) is 4.98 Å². The highest BCUT2D eigenvalue weighted by Crippen LogP contribution is 2.33. The fourth-order valence-corrected chi connectivity index (χ4v) is 5.30. The Bertz CT molecular complexity index is 1080. The lowest BCUT2D eigenvalue weighted by atomic mass is 9.85. The number of benzene rings is 2. The van der Waals surface area contributed by atoms with Gasteiger partial charge in [0.2, 0.25) is 0 Å². The number of nitrogens with zero attached hydrogens (tertiary/aromatic N) is 1. The minimum absolute atomic E-state index is 0.116. The van der Waals surface area contributed by atoms with Crippen LogP contribution in [-0.4, -0.2) is 23.9 Å². The second kappa shape index (κ2) is 8.05. The van der Waals surface area contributed by atoms with E-state index in [-0.39, 0.29) is 5.78 Å². The molecule has 1 aliphatic heterocycles. The van der Waals surface area contributed by atoms with Crippen LogP contribution in [0.15, 0.2) is 53.9 Å². The summed E-state index contributed by atoms with van der Waals surface area (Å²) in [4.78, 5) is 17.7. The lowest BCUT2D eigenvalue weighted by molar-refractivity contribution is 0.0988. The molecule has 0 unspecified atom stereocenters. The minimum atomic E-state index is 0.116. The van der Waals surface area contributed by atoms with E-state index in [0.717, 1.165) is 42.9 Å². The molecule has 29 heavy (non-hydrogen) atoms. The van der Waals surface area contributed by atoms with Gasteiger partial charge in [0.05, 0.1) is 0 Å². The number of fused-ring (bicyclic) bond motifs is 1. The maximum absolute atomic E-state index is 13.0. The van der Waals surface area contributed by atoms with Crippen LogP contribution in [0.1, 0.15) is 56.5 Å². The second-order valence-electron chi connectivity index (χ2n) is 7.91. The summed E-state index contributed by atoms with van der Waals surface area (Å²) in [5.74, 6) is 0.665. The minimum Gasteiger partial charge on any atom is -0.317 e. The summed E-state index contributed by atoms with van der Waals surface area (Å²) in [5.41, 5.74) is 6.91. The Labute approximate surface area is 175 Å². The lowest BCUT2D eigenvalue weighted by Crippen LogP contribution is -2.27. The van der Waals surface area contributed by atoms with Crippen molar-refractivity contribution in [2.24, 2.45) is 0 Å². The maximum atomic E-state index is 13.0. The number of rotatable bonds is 5. The Morgan fingerprint density at radius 1 is 1.07 bits per heavy atom. The Morgan fingerprint density at radius 2 is 1.86 bits per heavy atom. The third-order valence-electron chi connectivity index (χ3n) is 6.02. The molecular formula is C25H24N2OS. The molecule has 3 nitrogen and oxygen atoms in total. The van der Waals surface area contributed by atoms with Crippen molar-refractivity contribution in [3.63, 3.8) is 0 Å². The summed E-state index contributed by atoms with van der Waals surface area (Å²) in [6.45, 7) is 2.11. The smallest absolute Gasteiger partial charge is 0.186 e. The third kappa shape index (κ3) is 3.83. The first-order chi connectivity index (χ1) is 14.3. The van der Waals surface area contributed by atoms with Crippen LogP contribution in [0.3, 0.4) is 0 Å². The first-order valence-corrected chi connectivity index (χ1v) is 11.2. The Hall–Kier alpha value is -2.56. The van der Waals surface area contributed by atoms with E-state index in [1.54, 1.807) is 11.3 Å². The van der Waals surface area contributed by atoms with Gasteiger partial charge in [0.1, 0.15) is 10.7 Å². The number of nitrogens with one attached hydrogen (secondary N) is 1. The summed E-state index contributed by atoms with van der Waals surface area (Å²) in [7, 11) is 0. The van der Waals surface area contributed by atoms with Gasteiger partial charge in [0, 0.05) is 18.2 Å². The molecule has 1 N–H and O–H groups in total. The maximum Gasteiger partial charge on any atom is 0.186 e. The molecule has 1 fully saturated rings. The van der Waals surface area contributed by atoms with Crippen molar-refractivity contribution in [1.29, 1.82) is 0 Å². The topological polar surface area (TPSA) is 42.0 Å². The number of carbonyl (C=O) groups excluding carboxylic acids is 1. The molecule has 2 heterocycles. The summed E-state index contributed by atoms with van der Waals surface area (Å²) in [6, 6.07) is 16.9. The normalized spacial score (nSPS) is 16.5. The average molecular weight is 401 g/mol. The van der Waals surface area contributed by atoms with Crippen molar-refractivity contribution in [2.45, 2.75) is 31.6 Å². The SMILES string of the molecule is O=C(Cc1ccccc1C1CCNCC1)c1csc(C2=Cc3ccccc3C2)n1. The Balaban J connectivity index is 1.33. The van der Waals surface area contributed by atoms with Gasteiger partial charge in [-0.1, -0.05) is 48.5 Å². The number of ketones is 1. The van der Waals surface area contributed by atoms with Crippen molar-refractivity contribution < 1.29 is 4.79 Å². The van der Waals surface area contributed by atoms with Gasteiger partial charge >= 0.3 is 0 Å². The standard InChI is InChI=1S/C25H24N2OS/c28-24(15-20-7-3-4-8-22(20)17-9-11-26-12-10-17)23-16-29-25(27-23)21-13-18-5-1-2-6-19(18)14-21/h1-8,13,16-17,26H,9-12,14-15H2. The van der Waals surface area contributed by atoms with E-state index < -0.39 is 0 Å². The number of Topliss-reactive ketones (excluding diaryl/α,β-unsaturated/α-hetero) is 1. The molecule has 2 aliphatic rings. The van der Waals surface area contributed by atoms with E-state index in [0.29, 0.717) is 18.0 Å². The van der Waals surface area contributed by atoms with Crippen LogP contribution in [0.5, 0.6) is 0 Å². The summed E-state index contributed by atoms with van der Waals surface area (Å²) in [5, 5.41) is 6.32. The summed E-state index contributed by atoms with van der Waals surface area (Å²) < 4.78 is 0. The Kier molecular flexibility index (Phi) is 5.13. The molecule has 146 valence electrons. The highest BCUT2D eigenvalue weighted by atomic mass is 32.1. The molecule has 0 amide bonds. The van der Waals surface area contributed by atoms with E-state index in [2.05, 4.69) is 53.9 Å². The number of piperidine rings is 1. The molecule has 4 heteroatoms. The van der Waals surface area contributed by atoms with E-state index in [1.165, 1.54) is 22.3 Å². The van der Waals surface area contributed by atoms with Crippen LogP contribution in [0.4, 0.5) is 0 Å². The molecule has 1 aromatic heterocycles. The molecule has 0 radical (unpaired) electrons. The van der Waals surface area contributed by atoms with Gasteiger partial charge in [-0.15, -0.1) is 11.3 Å². The number of allylic oxidation sites excluding steroid dienone is 1. The highest BCUT2D eigenvalue weighted by molar-refractivity contribution is 7.11. The fourth-order valence-electron chi connectivity index (χ4n) is 4.46. The predicted molar refractivity (Wildman–Crippen MR) is 119 cm³/mol.